The number of nitrogens with zero attached hydrogens (tertiary/aromatic N) is 11. The van der Waals surface area contributed by atoms with Crippen LogP contribution in [0.4, 0.5) is 23.0 Å². The van der Waals surface area contributed by atoms with E-state index < -0.39 is 5.97 Å². The summed E-state index contributed by atoms with van der Waals surface area (Å²) in [5, 5.41) is 19.7. The van der Waals surface area contributed by atoms with Gasteiger partial charge in [0.1, 0.15) is 11.6 Å². The van der Waals surface area contributed by atoms with E-state index in [4.69, 9.17) is 27.3 Å². The summed E-state index contributed by atoms with van der Waals surface area (Å²) in [6, 6.07) is 20.8. The zero-order valence-corrected chi connectivity index (χ0v) is 31.2. The number of aromatic carboxylic acids is 1. The normalized spacial score (nSPS) is 13.6. The molecular weight excluding hydrogens is 729 g/mol. The number of carbonyl (C=O) groups is 2. The molecule has 4 aromatic heterocycles. The Labute approximate surface area is 328 Å². The molecule has 8 rings (SSSR count). The van der Waals surface area contributed by atoms with Crippen LogP contribution in [0.25, 0.3) is 32.5 Å². The van der Waals surface area contributed by atoms with Crippen molar-refractivity contribution in [2.45, 2.75) is 13.8 Å². The van der Waals surface area contributed by atoms with Crippen LogP contribution in [-0.2, 0) is 0 Å². The van der Waals surface area contributed by atoms with Crippen LogP contribution in [0.5, 0.6) is 0 Å². The summed E-state index contributed by atoms with van der Waals surface area (Å²) in [7, 11) is 0. The lowest BCUT2D eigenvalue weighted by Crippen LogP contribution is -2.49. The van der Waals surface area contributed by atoms with Gasteiger partial charge < -0.3 is 34.2 Å². The highest BCUT2D eigenvalue weighted by Crippen LogP contribution is 2.28. The van der Waals surface area contributed by atoms with Gasteiger partial charge in [0.05, 0.1) is 18.7 Å². The molecule has 2 N–H and O–H groups in total. The van der Waals surface area contributed by atoms with Crippen molar-refractivity contribution in [2.24, 2.45) is 0 Å². The largest absolute Gasteiger partial charge is 0.478 e. The van der Waals surface area contributed by atoms with Crippen LogP contribution in [0.2, 0.25) is 0 Å². The van der Waals surface area contributed by atoms with Crippen molar-refractivity contribution in [1.29, 1.82) is 0 Å². The van der Waals surface area contributed by atoms with Gasteiger partial charge in [-0.1, -0.05) is 58.8 Å². The van der Waals surface area contributed by atoms with Crippen molar-refractivity contribution >= 4 is 34.9 Å². The number of carboxylic acids is 1. The Morgan fingerprint density at radius 2 is 1.18 bits per heavy atom. The Morgan fingerprint density at radius 1 is 0.684 bits per heavy atom. The van der Waals surface area contributed by atoms with Crippen LogP contribution in [0, 0.1) is 27.0 Å². The number of hydrogen-bond donors (Lipinski definition) is 2. The molecule has 6 aromatic rings. The number of pyridine rings is 2. The zero-order valence-electron chi connectivity index (χ0n) is 31.2. The Balaban J connectivity index is 0.000000159. The number of aryl methyl sites for hydroxylation is 2. The summed E-state index contributed by atoms with van der Waals surface area (Å²) in [5.41, 5.74) is 3.35. The predicted octanol–water partition coefficient (Wildman–Crippen LogP) is 5.74. The summed E-state index contributed by atoms with van der Waals surface area (Å²) >= 11 is 0. The molecule has 2 aliphatic rings. The molecule has 0 unspecified atom stereocenters. The summed E-state index contributed by atoms with van der Waals surface area (Å²) in [6.07, 6.45) is 3.43. The zero-order chi connectivity index (χ0) is 40.1. The van der Waals surface area contributed by atoms with Gasteiger partial charge in [0, 0.05) is 95.3 Å². The fourth-order valence-corrected chi connectivity index (χ4v) is 6.03. The molecule has 0 spiro atoms. The maximum Gasteiger partial charge on any atom is 0.335 e. The highest BCUT2D eigenvalue weighted by Gasteiger charge is 2.24. The molecule has 0 aliphatic carbocycles. The second-order valence-electron chi connectivity index (χ2n) is 12.7. The van der Waals surface area contributed by atoms with Gasteiger partial charge in [-0.2, -0.15) is 9.97 Å². The average Bonchev–Trinajstić information content (AvgIpc) is 3.92. The van der Waals surface area contributed by atoms with E-state index in [-0.39, 0.29) is 11.5 Å². The summed E-state index contributed by atoms with van der Waals surface area (Å²) in [6.45, 7) is 23.9. The van der Waals surface area contributed by atoms with Crippen LogP contribution in [0.1, 0.15) is 32.5 Å². The van der Waals surface area contributed by atoms with Gasteiger partial charge in [0.15, 0.2) is 0 Å². The van der Waals surface area contributed by atoms with Gasteiger partial charge in [-0.15, -0.1) is 0 Å². The van der Waals surface area contributed by atoms with Gasteiger partial charge in [0.2, 0.25) is 34.8 Å². The molecule has 0 radical (unpaired) electrons. The molecule has 2 fully saturated rings. The van der Waals surface area contributed by atoms with E-state index in [2.05, 4.69) is 55.1 Å². The quantitative estimate of drug-likeness (QED) is 0.195. The highest BCUT2D eigenvalue weighted by atomic mass is 16.5. The number of anilines is 2. The van der Waals surface area contributed by atoms with Crippen molar-refractivity contribution < 1.29 is 23.7 Å². The first kappa shape index (κ1) is 39.2. The number of aromatic nitrogens is 6. The smallest absolute Gasteiger partial charge is 0.335 e. The second kappa shape index (κ2) is 18.7. The van der Waals surface area contributed by atoms with Crippen LogP contribution < -0.4 is 15.1 Å². The van der Waals surface area contributed by atoms with Crippen LogP contribution >= 0.6 is 0 Å². The molecule has 0 saturated carbocycles. The number of nitrogens with one attached hydrogen (secondary N) is 1. The van der Waals surface area contributed by atoms with E-state index in [1.807, 2.05) is 23.1 Å². The van der Waals surface area contributed by atoms with Crippen LogP contribution in [0.15, 0.2) is 94.2 Å². The standard InChI is InChI=1S/C20H18N6O2.C10H12N4.C10H8N2O3/c1-14-23-18(24-28-14)15-5-3-6-16(13-15)20(27)26-11-9-25(10-12-26)19-17(21-2)7-4-8-22-19;1-11-9-3-2-4-13-10(9)14-7-5-12-6-8-14;1-6-11-9(12-15-6)7-3-2-4-8(5-7)10(13)14/h3-8,13H,9-12H2,1H3;2-4,12H,5-8H2;2-5H,1H3,(H,13,14). The summed E-state index contributed by atoms with van der Waals surface area (Å²) < 4.78 is 9.83. The first-order valence-corrected chi connectivity index (χ1v) is 17.9. The minimum Gasteiger partial charge on any atom is -0.478 e. The first-order valence-electron chi connectivity index (χ1n) is 17.9. The molecule has 17 nitrogen and oxygen atoms in total. The number of benzene rings is 2. The van der Waals surface area contributed by atoms with E-state index in [1.54, 1.807) is 68.7 Å². The summed E-state index contributed by atoms with van der Waals surface area (Å²) in [4.78, 5) is 53.5. The lowest BCUT2D eigenvalue weighted by atomic mass is 10.1. The van der Waals surface area contributed by atoms with Gasteiger partial charge in [-0.05, 0) is 24.3 Å². The van der Waals surface area contributed by atoms with Crippen molar-refractivity contribution in [3.05, 3.63) is 131 Å². The fraction of sp³-hybridized carbons (Fsp3) is 0.250. The van der Waals surface area contributed by atoms with E-state index in [0.29, 0.717) is 77.9 Å². The topological polar surface area (TPSA) is 188 Å². The minimum atomic E-state index is -0.975. The fourth-order valence-electron chi connectivity index (χ4n) is 6.03. The molecule has 288 valence electrons. The molecule has 2 aromatic carbocycles. The molecule has 2 saturated heterocycles. The molecular formula is C40H38N12O5. The van der Waals surface area contributed by atoms with Gasteiger partial charge >= 0.3 is 5.97 Å². The van der Waals surface area contributed by atoms with Crippen LogP contribution in [0.3, 0.4) is 0 Å². The maximum absolute atomic E-state index is 12.9. The third kappa shape index (κ3) is 9.98. The molecule has 57 heavy (non-hydrogen) atoms. The lowest BCUT2D eigenvalue weighted by Gasteiger charge is -2.36. The Kier molecular flexibility index (Phi) is 12.9. The Morgan fingerprint density at radius 3 is 1.65 bits per heavy atom. The van der Waals surface area contributed by atoms with E-state index >= 15 is 0 Å². The molecule has 6 heterocycles. The lowest BCUT2D eigenvalue weighted by molar-refractivity contribution is 0.0695. The minimum absolute atomic E-state index is 0.0341. The van der Waals surface area contributed by atoms with Gasteiger partial charge in [-0.3, -0.25) is 14.8 Å². The molecule has 0 bridgehead atoms. The maximum atomic E-state index is 12.9. The number of rotatable bonds is 6. The monoisotopic (exact) mass is 766 g/mol. The highest BCUT2D eigenvalue weighted by molar-refractivity contribution is 5.95. The molecule has 2 aliphatic heterocycles. The number of amides is 1. The SMILES string of the molecule is Cc1nc(-c2cccc(C(=O)O)c2)no1.[C-]#[N+]c1cccnc1N1CCN(C(=O)c2cccc(-c3noc(C)n3)c2)CC1.[C-]#[N+]c1cccnc1N1CCNCC1. The van der Waals surface area contributed by atoms with E-state index in [1.165, 1.54) is 12.1 Å². The van der Waals surface area contributed by atoms with Crippen molar-refractivity contribution in [2.75, 3.05) is 62.2 Å². The number of piperazine rings is 2. The van der Waals surface area contributed by atoms with Crippen molar-refractivity contribution in [3.8, 4) is 22.8 Å². The first-order chi connectivity index (χ1) is 27.7. The van der Waals surface area contributed by atoms with Gasteiger partial charge in [0.25, 0.3) is 5.91 Å². The second-order valence-corrected chi connectivity index (χ2v) is 12.7. The molecule has 17 heteroatoms. The molecule has 1 amide bonds. The number of carboxylic acid groups (broad SMARTS) is 1. The average molecular weight is 767 g/mol. The molecule has 0 atom stereocenters. The number of carbonyl (C=O) groups excluding carboxylic acids is 1. The van der Waals surface area contributed by atoms with E-state index in [0.717, 1.165) is 37.6 Å². The van der Waals surface area contributed by atoms with Gasteiger partial charge in [-0.25, -0.2) is 14.5 Å². The van der Waals surface area contributed by atoms with Crippen molar-refractivity contribution in [1.82, 2.24) is 40.5 Å². The third-order valence-electron chi connectivity index (χ3n) is 8.85. The summed E-state index contributed by atoms with van der Waals surface area (Å²) in [5.74, 6) is 2.30. The van der Waals surface area contributed by atoms with Crippen molar-refractivity contribution in [3.63, 3.8) is 0 Å². The number of hydrogen-bond acceptors (Lipinski definition) is 13. The van der Waals surface area contributed by atoms with Crippen LogP contribution in [-0.4, -0.2) is 104 Å². The predicted molar refractivity (Wildman–Crippen MR) is 210 cm³/mol. The van der Waals surface area contributed by atoms with E-state index in [9.17, 15) is 9.59 Å². The Bertz CT molecular complexity index is 2400. The Hall–Kier alpha value is -7.50. The third-order valence-corrected chi connectivity index (χ3v) is 8.85.